The number of pyridine rings is 1. The molecule has 0 saturated heterocycles. The summed E-state index contributed by atoms with van der Waals surface area (Å²) in [6.07, 6.45) is 2.78. The molecule has 0 aliphatic rings. The summed E-state index contributed by atoms with van der Waals surface area (Å²) in [4.78, 5) is 24.9. The minimum Gasteiger partial charge on any atom is -0.395 e. The molecule has 0 aliphatic carbocycles. The third-order valence-corrected chi connectivity index (χ3v) is 1.47. The van der Waals surface area contributed by atoms with Crippen molar-refractivity contribution < 1.29 is 9.90 Å². The Balaban J connectivity index is 2.77. The van der Waals surface area contributed by atoms with Gasteiger partial charge in [-0.15, -0.1) is 0 Å². The Bertz CT molecular complexity index is 345. The van der Waals surface area contributed by atoms with E-state index in [1.807, 2.05) is 0 Å². The number of amides is 1. The first kappa shape index (κ1) is 9.47. The molecule has 1 amide bonds. The van der Waals surface area contributed by atoms with Gasteiger partial charge >= 0.3 is 0 Å². The van der Waals surface area contributed by atoms with E-state index in [1.54, 1.807) is 0 Å². The zero-order valence-electron chi connectivity index (χ0n) is 6.91. The van der Waals surface area contributed by atoms with Crippen molar-refractivity contribution in [2.24, 2.45) is 0 Å². The first-order chi connectivity index (χ1) is 6.25. The molecule has 0 bridgehead atoms. The lowest BCUT2D eigenvalue weighted by Crippen LogP contribution is -2.30. The van der Waals surface area contributed by atoms with Crippen LogP contribution in [0.25, 0.3) is 0 Å². The van der Waals surface area contributed by atoms with Gasteiger partial charge in [-0.2, -0.15) is 0 Å². The Labute approximate surface area is 74.4 Å². The number of H-pyrrole nitrogens is 1. The van der Waals surface area contributed by atoms with Gasteiger partial charge < -0.3 is 15.4 Å². The zero-order chi connectivity index (χ0) is 9.68. The second-order valence-corrected chi connectivity index (χ2v) is 2.40. The van der Waals surface area contributed by atoms with Gasteiger partial charge in [-0.3, -0.25) is 9.59 Å². The summed E-state index contributed by atoms with van der Waals surface area (Å²) in [5.74, 6) is -0.476. The molecule has 1 rings (SSSR count). The smallest absolute Gasteiger partial charge is 0.256 e. The van der Waals surface area contributed by atoms with Gasteiger partial charge in [-0.05, 0) is 0 Å². The highest BCUT2D eigenvalue weighted by Crippen LogP contribution is 1.86. The number of carbonyl (C=O) groups is 1. The van der Waals surface area contributed by atoms with E-state index in [2.05, 4.69) is 10.3 Å². The summed E-state index contributed by atoms with van der Waals surface area (Å²) in [5.41, 5.74) is -0.287. The van der Waals surface area contributed by atoms with Crippen LogP contribution in [0, 0.1) is 0 Å². The number of nitrogens with one attached hydrogen (secondary N) is 2. The largest absolute Gasteiger partial charge is 0.395 e. The Hall–Kier alpha value is -1.62. The van der Waals surface area contributed by atoms with Crippen molar-refractivity contribution in [3.05, 3.63) is 34.2 Å². The molecular formula is C8H10N2O3. The van der Waals surface area contributed by atoms with E-state index < -0.39 is 5.91 Å². The third kappa shape index (κ3) is 2.41. The van der Waals surface area contributed by atoms with Gasteiger partial charge in [-0.25, -0.2) is 0 Å². The number of hydrogen-bond donors (Lipinski definition) is 3. The molecule has 1 heterocycles. The number of aliphatic hydroxyl groups excluding tert-OH is 1. The van der Waals surface area contributed by atoms with Crippen molar-refractivity contribution in [3.8, 4) is 0 Å². The maximum Gasteiger partial charge on any atom is 0.256 e. The van der Waals surface area contributed by atoms with Crippen LogP contribution in [0.15, 0.2) is 23.3 Å². The van der Waals surface area contributed by atoms with Crippen LogP contribution in [-0.4, -0.2) is 29.1 Å². The summed E-state index contributed by atoms with van der Waals surface area (Å²) < 4.78 is 0. The highest BCUT2D eigenvalue weighted by atomic mass is 16.3. The second-order valence-electron chi connectivity index (χ2n) is 2.40. The van der Waals surface area contributed by atoms with Crippen LogP contribution in [0.1, 0.15) is 10.4 Å². The maximum atomic E-state index is 11.2. The Kier molecular flexibility index (Phi) is 3.22. The van der Waals surface area contributed by atoms with Crippen LogP contribution < -0.4 is 10.7 Å². The van der Waals surface area contributed by atoms with Crippen LogP contribution in [0.4, 0.5) is 0 Å². The van der Waals surface area contributed by atoms with E-state index in [9.17, 15) is 9.59 Å². The third-order valence-electron chi connectivity index (χ3n) is 1.47. The number of carbonyl (C=O) groups excluding carboxylic acids is 1. The van der Waals surface area contributed by atoms with Gasteiger partial charge in [0.1, 0.15) is 5.56 Å². The standard InChI is InChI=1S/C8H10N2O3/c11-4-3-10-8(13)6-5-9-2-1-7(6)12/h1-2,5,11H,3-4H2,(H,9,12)(H,10,13). The molecule has 5 nitrogen and oxygen atoms in total. The Morgan fingerprint density at radius 1 is 1.62 bits per heavy atom. The number of aromatic nitrogens is 1. The highest BCUT2D eigenvalue weighted by Gasteiger charge is 2.07. The van der Waals surface area contributed by atoms with Gasteiger partial charge in [0.05, 0.1) is 6.61 Å². The molecule has 3 N–H and O–H groups in total. The van der Waals surface area contributed by atoms with Crippen LogP contribution >= 0.6 is 0 Å². The molecule has 13 heavy (non-hydrogen) atoms. The minimum atomic E-state index is -0.476. The normalized spacial score (nSPS) is 9.62. The van der Waals surface area contributed by atoms with Gasteiger partial charge in [0.2, 0.25) is 0 Å². The molecule has 0 aromatic carbocycles. The fraction of sp³-hybridized carbons (Fsp3) is 0.250. The van der Waals surface area contributed by atoms with Crippen LogP contribution in [0.3, 0.4) is 0 Å². The van der Waals surface area contributed by atoms with Gasteiger partial charge in [0.25, 0.3) is 5.91 Å². The molecule has 0 saturated carbocycles. The topological polar surface area (TPSA) is 82.2 Å². The van der Waals surface area contributed by atoms with Crippen molar-refractivity contribution in [2.75, 3.05) is 13.2 Å². The fourth-order valence-corrected chi connectivity index (χ4v) is 0.858. The van der Waals surface area contributed by atoms with E-state index in [4.69, 9.17) is 5.11 Å². The molecule has 0 spiro atoms. The molecular weight excluding hydrogens is 172 g/mol. The lowest BCUT2D eigenvalue weighted by atomic mass is 10.2. The summed E-state index contributed by atoms with van der Waals surface area (Å²) in [7, 11) is 0. The number of hydrogen-bond acceptors (Lipinski definition) is 3. The summed E-state index contributed by atoms with van der Waals surface area (Å²) in [6.45, 7) is 0.00362. The minimum absolute atomic E-state index is 0.0518. The van der Waals surface area contributed by atoms with Crippen LogP contribution in [0.5, 0.6) is 0 Å². The van der Waals surface area contributed by atoms with Crippen molar-refractivity contribution in [3.63, 3.8) is 0 Å². The zero-order valence-corrected chi connectivity index (χ0v) is 6.91. The number of aromatic amines is 1. The average molecular weight is 182 g/mol. The fourth-order valence-electron chi connectivity index (χ4n) is 0.858. The summed E-state index contributed by atoms with van der Waals surface area (Å²) in [6, 6.07) is 1.27. The SMILES string of the molecule is O=C(NCCO)c1c[nH]ccc1=O. The Morgan fingerprint density at radius 3 is 3.00 bits per heavy atom. The van der Waals surface area contributed by atoms with Crippen molar-refractivity contribution in [1.82, 2.24) is 10.3 Å². The summed E-state index contributed by atoms with van der Waals surface area (Å²) in [5, 5.41) is 10.8. The van der Waals surface area contributed by atoms with E-state index in [0.717, 1.165) is 0 Å². The average Bonchev–Trinajstić information content (AvgIpc) is 2.15. The maximum absolute atomic E-state index is 11.2. The van der Waals surface area contributed by atoms with Gasteiger partial charge in [0, 0.05) is 25.0 Å². The van der Waals surface area contributed by atoms with Gasteiger partial charge in [0.15, 0.2) is 5.43 Å². The lowest BCUT2D eigenvalue weighted by Gasteiger charge is -2.00. The molecule has 0 aliphatic heterocycles. The molecule has 0 atom stereocenters. The second kappa shape index (κ2) is 4.42. The number of aliphatic hydroxyl groups is 1. The van der Waals surface area contributed by atoms with E-state index in [0.29, 0.717) is 0 Å². The van der Waals surface area contributed by atoms with Crippen molar-refractivity contribution in [2.45, 2.75) is 0 Å². The van der Waals surface area contributed by atoms with Crippen molar-refractivity contribution >= 4 is 5.91 Å². The molecule has 0 radical (unpaired) electrons. The van der Waals surface area contributed by atoms with Crippen molar-refractivity contribution in [1.29, 1.82) is 0 Å². The van der Waals surface area contributed by atoms with E-state index in [-0.39, 0.29) is 24.1 Å². The first-order valence-corrected chi connectivity index (χ1v) is 3.82. The highest BCUT2D eigenvalue weighted by molar-refractivity contribution is 5.93. The van der Waals surface area contributed by atoms with E-state index in [1.165, 1.54) is 18.5 Å². The molecule has 0 fully saturated rings. The molecule has 1 aromatic heterocycles. The first-order valence-electron chi connectivity index (χ1n) is 3.82. The van der Waals surface area contributed by atoms with Crippen LogP contribution in [-0.2, 0) is 0 Å². The molecule has 0 unspecified atom stereocenters. The lowest BCUT2D eigenvalue weighted by molar-refractivity contribution is 0.0943. The van der Waals surface area contributed by atoms with E-state index >= 15 is 0 Å². The molecule has 1 aromatic rings. The van der Waals surface area contributed by atoms with Gasteiger partial charge in [-0.1, -0.05) is 0 Å². The molecule has 5 heteroatoms. The molecule has 70 valence electrons. The Morgan fingerprint density at radius 2 is 2.38 bits per heavy atom. The van der Waals surface area contributed by atoms with Crippen LogP contribution in [0.2, 0.25) is 0 Å². The summed E-state index contributed by atoms with van der Waals surface area (Å²) >= 11 is 0. The quantitative estimate of drug-likeness (QED) is 0.566. The predicted molar refractivity (Wildman–Crippen MR) is 46.5 cm³/mol. The monoisotopic (exact) mass is 182 g/mol. The predicted octanol–water partition coefficient (Wildman–Crippen LogP) is -0.903. The number of rotatable bonds is 3.